The molecule has 0 aliphatic heterocycles. The predicted molar refractivity (Wildman–Crippen MR) is 186 cm³/mol. The third kappa shape index (κ3) is 7.72. The highest BCUT2D eigenvalue weighted by Crippen LogP contribution is 2.31. The summed E-state index contributed by atoms with van der Waals surface area (Å²) in [5.41, 5.74) is -11.2. The number of rotatable bonds is 7. The van der Waals surface area contributed by atoms with Gasteiger partial charge < -0.3 is 5.11 Å². The number of hydrogen-bond donors (Lipinski definition) is 1. The maximum Gasteiger partial charge on any atom is 0.200 e. The summed E-state index contributed by atoms with van der Waals surface area (Å²) >= 11 is 0. The van der Waals surface area contributed by atoms with E-state index in [-0.39, 0.29) is 5.75 Å². The number of phenols is 1. The fourth-order valence-electron chi connectivity index (χ4n) is 6.98. The third-order valence-electron chi connectivity index (χ3n) is 9.84. The molecule has 1 aromatic heterocycles. The molecule has 24 heteroatoms. The number of phenolic OH excluding ortho intramolecular Hbond substituents is 1. The summed E-state index contributed by atoms with van der Waals surface area (Å²) in [4.78, 5) is 4.38. The molecule has 6 aromatic carbocycles. The molecule has 3 nitrogen and oxygen atoms in total. The van der Waals surface area contributed by atoms with Gasteiger partial charge in [0.15, 0.2) is 88.7 Å². The lowest BCUT2D eigenvalue weighted by Crippen LogP contribution is -2.81. The predicted octanol–water partition coefficient (Wildman–Crippen LogP) is 8.64. The van der Waals surface area contributed by atoms with Crippen LogP contribution in [-0.2, 0) is 6.54 Å². The normalized spacial score (nSPS) is 11.5. The van der Waals surface area contributed by atoms with E-state index in [2.05, 4.69) is 21.7 Å². The van der Waals surface area contributed by atoms with E-state index in [4.69, 9.17) is 0 Å². The molecular weight excluding hydrogens is 927 g/mol. The summed E-state index contributed by atoms with van der Waals surface area (Å²) in [7, 11) is 0. The molecule has 1 heterocycles. The molecule has 0 atom stereocenters. The minimum atomic E-state index is -7.22. The average Bonchev–Trinajstić information content (AvgIpc) is 3.29. The van der Waals surface area contributed by atoms with Gasteiger partial charge in [0.1, 0.15) is 64.1 Å². The van der Waals surface area contributed by atoms with Crippen molar-refractivity contribution >= 4 is 28.0 Å². The molecule has 7 aromatic rings. The fraction of sp³-hybridized carbons (Fsp3) is 0.0244. The maximum absolute atomic E-state index is 15.4. The van der Waals surface area contributed by atoms with Crippen LogP contribution in [0, 0.1) is 116 Å². The van der Waals surface area contributed by atoms with Gasteiger partial charge in [-0.25, -0.2) is 92.8 Å². The first-order valence-electron chi connectivity index (χ1n) is 17.4. The first-order valence-corrected chi connectivity index (χ1v) is 17.4. The van der Waals surface area contributed by atoms with Crippen molar-refractivity contribution in [2.24, 2.45) is 0 Å². The van der Waals surface area contributed by atoms with Crippen LogP contribution in [-0.4, -0.2) is 16.2 Å². The van der Waals surface area contributed by atoms with Crippen LogP contribution in [0.2, 0.25) is 0 Å². The zero-order valence-corrected chi connectivity index (χ0v) is 31.1. The van der Waals surface area contributed by atoms with Crippen LogP contribution in [0.25, 0.3) is 11.3 Å². The molecule has 7 rings (SSSR count). The second kappa shape index (κ2) is 17.8. The van der Waals surface area contributed by atoms with Gasteiger partial charge in [0.05, 0.1) is 6.20 Å². The number of nitrogens with zero attached hydrogens (tertiary/aromatic N) is 2. The van der Waals surface area contributed by atoms with Gasteiger partial charge in [0.25, 0.3) is 0 Å². The van der Waals surface area contributed by atoms with E-state index in [1.807, 2.05) is 42.7 Å². The molecule has 0 fully saturated rings. The van der Waals surface area contributed by atoms with E-state index < -0.39 is 144 Å². The smallest absolute Gasteiger partial charge is 0.200 e. The monoisotopic (exact) mass is 942 g/mol. The van der Waals surface area contributed by atoms with Gasteiger partial charge in [-0.05, 0) is 24.3 Å². The van der Waals surface area contributed by atoms with Crippen LogP contribution in [0.15, 0.2) is 73.2 Å². The Hall–Kier alpha value is -7.14. The van der Waals surface area contributed by atoms with Gasteiger partial charge in [-0.15, -0.1) is 21.9 Å². The minimum absolute atomic E-state index is 0.266. The van der Waals surface area contributed by atoms with E-state index in [9.17, 15) is 57.8 Å². The zero-order valence-electron chi connectivity index (χ0n) is 31.1. The number of benzene rings is 6. The summed E-state index contributed by atoms with van der Waals surface area (Å²) in [5.74, 6) is -71.1. The third-order valence-corrected chi connectivity index (χ3v) is 9.84. The lowest BCUT2D eigenvalue weighted by atomic mass is 9.12. The molecule has 0 radical (unpaired) electrons. The standard InChI is InChI=1S/C24BF20.C17H14N2O/c26-5-1(6(27)14(35)21(42)13(5)34)25(2-7(28)15(36)22(43)16(37)8(2)29,3-9(30)17(38)23(44)18(39)10(3)31)4-11(32)19(40)24(45)20(41)12(4)33;20-16-8-6-15(7-9-16)17-13-19(11-10-18-17)12-14-4-2-1-3-5-14/h;1-11,13H,12H2/q-1;/p+1. The molecule has 1 N–H and O–H groups in total. The van der Waals surface area contributed by atoms with E-state index in [0.717, 1.165) is 17.8 Å². The molecule has 0 bridgehead atoms. The van der Waals surface area contributed by atoms with Crippen molar-refractivity contribution < 1.29 is 97.5 Å². The lowest BCUT2D eigenvalue weighted by molar-refractivity contribution is -0.688. The van der Waals surface area contributed by atoms with Crippen molar-refractivity contribution in [3.05, 3.63) is 195 Å². The van der Waals surface area contributed by atoms with Crippen LogP contribution >= 0.6 is 0 Å². The van der Waals surface area contributed by atoms with Crippen molar-refractivity contribution in [1.82, 2.24) is 4.98 Å². The van der Waals surface area contributed by atoms with Gasteiger partial charge in [0.2, 0.25) is 0 Å². The Bertz CT molecular complexity index is 2650. The molecule has 338 valence electrons. The molecule has 0 aliphatic carbocycles. The molecule has 0 amide bonds. The summed E-state index contributed by atoms with van der Waals surface area (Å²) in [5, 5.41) is 9.33. The summed E-state index contributed by atoms with van der Waals surface area (Å²) in [6, 6.07) is 17.4. The van der Waals surface area contributed by atoms with Crippen LogP contribution in [0.1, 0.15) is 5.56 Å². The second-order valence-corrected chi connectivity index (χ2v) is 13.4. The number of aromatic hydroxyl groups is 1. The topological polar surface area (TPSA) is 37.0 Å². The van der Waals surface area contributed by atoms with Gasteiger partial charge in [0, 0.05) is 11.1 Å². The lowest BCUT2D eigenvalue weighted by Gasteiger charge is -2.44. The Morgan fingerprint density at radius 1 is 0.385 bits per heavy atom. The van der Waals surface area contributed by atoms with Gasteiger partial charge in [-0.3, -0.25) is 0 Å². The van der Waals surface area contributed by atoms with Crippen LogP contribution in [0.5, 0.6) is 5.75 Å². The number of aromatic nitrogens is 2. The molecule has 0 spiro atoms. The zero-order chi connectivity index (χ0) is 48.1. The van der Waals surface area contributed by atoms with Crippen molar-refractivity contribution in [2.75, 3.05) is 0 Å². The van der Waals surface area contributed by atoms with E-state index in [1.54, 1.807) is 18.3 Å². The average molecular weight is 942 g/mol. The van der Waals surface area contributed by atoms with Crippen LogP contribution in [0.4, 0.5) is 87.8 Å². The van der Waals surface area contributed by atoms with Crippen molar-refractivity contribution in [1.29, 1.82) is 0 Å². The SMILES string of the molecule is Fc1c(F)c(F)c([B-](c2c(F)c(F)c(F)c(F)c2F)(c2c(F)c(F)c(F)c(F)c2F)c2c(F)c(F)c(F)c(F)c2F)c(F)c1F.Oc1ccc(-c2c[n+](Cc3ccccc3)ccn2)cc1. The quantitative estimate of drug-likeness (QED) is 0.0572. The molecular formula is C41H15BF20N2O. The summed E-state index contributed by atoms with van der Waals surface area (Å²) in [6.45, 7) is 0.814. The maximum atomic E-state index is 15.4. The van der Waals surface area contributed by atoms with Crippen LogP contribution < -0.4 is 26.4 Å². The van der Waals surface area contributed by atoms with Gasteiger partial charge in [-0.1, -0.05) is 30.3 Å². The minimum Gasteiger partial charge on any atom is -0.508 e. The summed E-state index contributed by atoms with van der Waals surface area (Å²) < 4.78 is 296. The Balaban J connectivity index is 0.000000289. The number of hydrogen-bond acceptors (Lipinski definition) is 2. The first-order chi connectivity index (χ1) is 30.5. The highest BCUT2D eigenvalue weighted by atomic mass is 19.2. The van der Waals surface area contributed by atoms with E-state index in [1.165, 1.54) is 5.56 Å². The Morgan fingerprint density at radius 3 is 0.985 bits per heavy atom. The van der Waals surface area contributed by atoms with Crippen molar-refractivity contribution in [3.63, 3.8) is 0 Å². The molecule has 0 saturated heterocycles. The highest BCUT2D eigenvalue weighted by molar-refractivity contribution is 7.20. The van der Waals surface area contributed by atoms with Gasteiger partial charge in [-0.2, -0.15) is 4.57 Å². The Kier molecular flexibility index (Phi) is 13.0. The summed E-state index contributed by atoms with van der Waals surface area (Å²) in [6.07, 6.45) is -1.45. The van der Waals surface area contributed by atoms with E-state index >= 15 is 35.1 Å². The van der Waals surface area contributed by atoms with Crippen molar-refractivity contribution in [2.45, 2.75) is 6.54 Å². The Morgan fingerprint density at radius 2 is 0.677 bits per heavy atom. The molecule has 0 saturated carbocycles. The fourth-order valence-corrected chi connectivity index (χ4v) is 6.98. The van der Waals surface area contributed by atoms with Gasteiger partial charge >= 0.3 is 0 Å². The molecule has 65 heavy (non-hydrogen) atoms. The Labute approximate surface area is 349 Å². The first kappa shape index (κ1) is 47.3. The second-order valence-electron chi connectivity index (χ2n) is 13.4. The molecule has 0 unspecified atom stereocenters. The highest BCUT2D eigenvalue weighted by Gasteiger charge is 2.52. The largest absolute Gasteiger partial charge is 0.508 e. The molecule has 0 aliphatic rings. The van der Waals surface area contributed by atoms with Crippen molar-refractivity contribution in [3.8, 4) is 17.0 Å². The number of halogens is 20. The van der Waals surface area contributed by atoms with Crippen LogP contribution in [0.3, 0.4) is 0 Å². The van der Waals surface area contributed by atoms with E-state index in [0.29, 0.717) is 0 Å².